The van der Waals surface area contributed by atoms with Crippen LogP contribution in [0.25, 0.3) is 11.1 Å². The number of carbonyl (C=O) groups is 1. The lowest BCUT2D eigenvalue weighted by Gasteiger charge is -2.12. The number of phenols is 1. The smallest absolute Gasteiger partial charge is 0.411 e. The molecular formula is C12H11ClN2O4. The highest BCUT2D eigenvalue weighted by Gasteiger charge is 2.36. The van der Waals surface area contributed by atoms with Crippen LogP contribution in [0.15, 0.2) is 10.5 Å². The van der Waals surface area contributed by atoms with Gasteiger partial charge in [0, 0.05) is 36.9 Å². The van der Waals surface area contributed by atoms with Gasteiger partial charge >= 0.3 is 6.09 Å². The maximum atomic E-state index is 11.2. The molecule has 0 bridgehead atoms. The van der Waals surface area contributed by atoms with Gasteiger partial charge in [0.05, 0.1) is 5.69 Å². The van der Waals surface area contributed by atoms with E-state index in [1.54, 1.807) is 6.92 Å². The van der Waals surface area contributed by atoms with Crippen LogP contribution in [0.5, 0.6) is 5.75 Å². The van der Waals surface area contributed by atoms with Crippen LogP contribution in [0.3, 0.4) is 0 Å². The van der Waals surface area contributed by atoms with Crippen molar-refractivity contribution in [3.63, 3.8) is 0 Å². The second-order valence-electron chi connectivity index (χ2n) is 4.48. The van der Waals surface area contributed by atoms with Crippen LogP contribution in [-0.4, -0.2) is 33.7 Å². The van der Waals surface area contributed by atoms with Crippen LogP contribution in [-0.2, 0) is 0 Å². The van der Waals surface area contributed by atoms with Crippen molar-refractivity contribution in [2.24, 2.45) is 0 Å². The highest BCUT2D eigenvalue weighted by atomic mass is 35.5. The molecule has 1 aliphatic rings. The van der Waals surface area contributed by atoms with Gasteiger partial charge in [0.25, 0.3) is 0 Å². The molecule has 1 atom stereocenters. The summed E-state index contributed by atoms with van der Waals surface area (Å²) in [4.78, 5) is 16.6. The number of carboxylic acid groups (broad SMARTS) is 1. The third kappa shape index (κ3) is 1.63. The Bertz CT molecular complexity index is 682. The van der Waals surface area contributed by atoms with E-state index < -0.39 is 6.09 Å². The van der Waals surface area contributed by atoms with Crippen LogP contribution in [0.4, 0.5) is 10.5 Å². The van der Waals surface area contributed by atoms with E-state index in [2.05, 4.69) is 4.98 Å². The minimum Gasteiger partial charge on any atom is -0.504 e. The van der Waals surface area contributed by atoms with Gasteiger partial charge in [-0.3, -0.25) is 4.90 Å². The summed E-state index contributed by atoms with van der Waals surface area (Å²) in [7, 11) is 0. The summed E-state index contributed by atoms with van der Waals surface area (Å²) in [6.45, 7) is 1.93. The highest BCUT2D eigenvalue weighted by molar-refractivity contribution is 6.19. The molecule has 1 aliphatic heterocycles. The molecule has 6 nitrogen and oxygen atoms in total. The number of anilines is 1. The Balaban J connectivity index is 2.34. The second-order valence-corrected chi connectivity index (χ2v) is 4.79. The minimum absolute atomic E-state index is 0.115. The minimum atomic E-state index is -1.08. The van der Waals surface area contributed by atoms with Gasteiger partial charge in [-0.15, -0.1) is 11.6 Å². The Morgan fingerprint density at radius 3 is 3.05 bits per heavy atom. The number of aryl methyl sites for hydroxylation is 1. The molecular weight excluding hydrogens is 272 g/mol. The summed E-state index contributed by atoms with van der Waals surface area (Å²) in [5.41, 5.74) is 1.92. The Labute approximate surface area is 113 Å². The number of benzene rings is 1. The first-order valence-electron chi connectivity index (χ1n) is 5.72. The Hall–Kier alpha value is -1.95. The van der Waals surface area contributed by atoms with E-state index in [0.29, 0.717) is 17.1 Å². The van der Waals surface area contributed by atoms with Crippen molar-refractivity contribution >= 4 is 34.5 Å². The number of hydrogen-bond acceptors (Lipinski definition) is 4. The Kier molecular flexibility index (Phi) is 2.56. The van der Waals surface area contributed by atoms with Crippen molar-refractivity contribution < 1.29 is 19.4 Å². The third-order valence-electron chi connectivity index (χ3n) is 3.29. The number of rotatable bonds is 1. The zero-order valence-electron chi connectivity index (χ0n) is 10.1. The number of alkyl halides is 1. The molecule has 2 N–H and O–H groups in total. The lowest BCUT2D eigenvalue weighted by molar-refractivity contribution is 0.202. The van der Waals surface area contributed by atoms with Crippen molar-refractivity contribution in [1.82, 2.24) is 4.98 Å². The molecule has 0 unspecified atom stereocenters. The second kappa shape index (κ2) is 4.03. The molecule has 1 aromatic carbocycles. The van der Waals surface area contributed by atoms with Gasteiger partial charge in [-0.2, -0.15) is 0 Å². The zero-order chi connectivity index (χ0) is 13.7. The van der Waals surface area contributed by atoms with Crippen molar-refractivity contribution in [3.8, 4) is 5.75 Å². The molecule has 0 spiro atoms. The number of aromatic nitrogens is 1. The zero-order valence-corrected chi connectivity index (χ0v) is 10.8. The summed E-state index contributed by atoms with van der Waals surface area (Å²) in [6, 6.07) is 1.39. The first-order valence-corrected chi connectivity index (χ1v) is 6.25. The molecule has 100 valence electrons. The van der Waals surface area contributed by atoms with E-state index in [4.69, 9.17) is 16.0 Å². The molecule has 1 amide bonds. The van der Waals surface area contributed by atoms with Gasteiger partial charge in [0.2, 0.25) is 0 Å². The maximum Gasteiger partial charge on any atom is 0.411 e. The number of fused-ring (bicyclic) bond motifs is 3. The SMILES string of the molecule is Cc1nc2c3c(cc(O)c2o1)N(C(=O)O)C[C@@H]3CCl. The first kappa shape index (κ1) is 12.1. The molecule has 0 aliphatic carbocycles. The van der Waals surface area contributed by atoms with E-state index in [0.717, 1.165) is 5.56 Å². The number of oxazole rings is 1. The monoisotopic (exact) mass is 282 g/mol. The van der Waals surface area contributed by atoms with Crippen molar-refractivity contribution in [2.45, 2.75) is 12.8 Å². The quantitative estimate of drug-likeness (QED) is 0.785. The molecule has 1 aromatic heterocycles. The maximum absolute atomic E-state index is 11.2. The third-order valence-corrected chi connectivity index (χ3v) is 3.66. The summed E-state index contributed by atoms with van der Waals surface area (Å²) in [5.74, 6) is 0.430. The number of nitrogens with zero attached hydrogens (tertiary/aromatic N) is 2. The molecule has 0 fully saturated rings. The fourth-order valence-electron chi connectivity index (χ4n) is 2.52. The summed E-state index contributed by atoms with van der Waals surface area (Å²) in [6.07, 6.45) is -1.08. The number of aromatic hydroxyl groups is 1. The van der Waals surface area contributed by atoms with Crippen LogP contribution < -0.4 is 4.90 Å². The van der Waals surface area contributed by atoms with E-state index in [1.807, 2.05) is 0 Å². The predicted octanol–water partition coefficient (Wildman–Crippen LogP) is 2.66. The van der Waals surface area contributed by atoms with Crippen LogP contribution in [0.1, 0.15) is 17.4 Å². The Morgan fingerprint density at radius 2 is 2.42 bits per heavy atom. The molecule has 19 heavy (non-hydrogen) atoms. The highest BCUT2D eigenvalue weighted by Crippen LogP contribution is 2.45. The van der Waals surface area contributed by atoms with Gasteiger partial charge in [-0.05, 0) is 0 Å². The molecule has 0 saturated carbocycles. The van der Waals surface area contributed by atoms with Gasteiger partial charge in [0.1, 0.15) is 5.52 Å². The number of halogens is 1. The Morgan fingerprint density at radius 1 is 1.68 bits per heavy atom. The van der Waals surface area contributed by atoms with Crippen LogP contribution in [0.2, 0.25) is 0 Å². The van der Waals surface area contributed by atoms with E-state index >= 15 is 0 Å². The van der Waals surface area contributed by atoms with E-state index in [-0.39, 0.29) is 29.7 Å². The average Bonchev–Trinajstić information content (AvgIpc) is 2.89. The predicted molar refractivity (Wildman–Crippen MR) is 69.2 cm³/mol. The lowest BCUT2D eigenvalue weighted by Crippen LogP contribution is -2.28. The molecule has 0 radical (unpaired) electrons. The normalized spacial score (nSPS) is 18.0. The first-order chi connectivity index (χ1) is 9.02. The van der Waals surface area contributed by atoms with Crippen LogP contribution >= 0.6 is 11.6 Å². The number of hydrogen-bond donors (Lipinski definition) is 2. The standard InChI is InChI=1S/C12H11ClN2O4/c1-5-14-10-9-6(3-13)4-15(12(17)18)7(9)2-8(16)11(10)19-5/h2,6,16H,3-4H2,1H3,(H,17,18)/t6-/m0/s1. The summed E-state index contributed by atoms with van der Waals surface area (Å²) < 4.78 is 5.34. The number of amides is 1. The van der Waals surface area contributed by atoms with Gasteiger partial charge in [-0.1, -0.05) is 0 Å². The van der Waals surface area contributed by atoms with Crippen LogP contribution in [0, 0.1) is 6.92 Å². The van der Waals surface area contributed by atoms with Crippen molar-refractivity contribution in [3.05, 3.63) is 17.5 Å². The van der Waals surface area contributed by atoms with E-state index in [9.17, 15) is 15.0 Å². The largest absolute Gasteiger partial charge is 0.504 e. The van der Waals surface area contributed by atoms with Gasteiger partial charge in [0.15, 0.2) is 17.2 Å². The lowest BCUT2D eigenvalue weighted by atomic mass is 10.0. The van der Waals surface area contributed by atoms with Crippen molar-refractivity contribution in [2.75, 3.05) is 17.3 Å². The fraction of sp³-hybridized carbons (Fsp3) is 0.333. The number of phenolic OH excluding ortho intramolecular Hbond substituents is 1. The van der Waals surface area contributed by atoms with Crippen molar-refractivity contribution in [1.29, 1.82) is 0 Å². The summed E-state index contributed by atoms with van der Waals surface area (Å²) in [5, 5.41) is 19.1. The topological polar surface area (TPSA) is 86.8 Å². The van der Waals surface area contributed by atoms with Gasteiger partial charge in [-0.25, -0.2) is 9.78 Å². The summed E-state index contributed by atoms with van der Waals surface area (Å²) >= 11 is 5.91. The molecule has 0 saturated heterocycles. The molecule has 3 rings (SSSR count). The molecule has 2 heterocycles. The molecule has 7 heteroatoms. The van der Waals surface area contributed by atoms with Gasteiger partial charge < -0.3 is 14.6 Å². The van der Waals surface area contributed by atoms with E-state index in [1.165, 1.54) is 11.0 Å². The average molecular weight is 283 g/mol. The fourth-order valence-corrected chi connectivity index (χ4v) is 2.77. The molecule has 2 aromatic rings.